The molecule has 2 heterocycles. The Hall–Kier alpha value is -2.49. The van der Waals surface area contributed by atoms with E-state index in [4.69, 9.17) is 4.42 Å². The maximum Gasteiger partial charge on any atom is 0.230 e. The van der Waals surface area contributed by atoms with Crippen LogP contribution >= 0.6 is 0 Å². The van der Waals surface area contributed by atoms with E-state index in [1.54, 1.807) is 43.5 Å². The molecule has 0 saturated carbocycles. The number of pyridine rings is 1. The summed E-state index contributed by atoms with van der Waals surface area (Å²) in [5.74, 6) is -0.642. The first kappa shape index (κ1) is 11.6. The van der Waals surface area contributed by atoms with Crippen molar-refractivity contribution in [1.82, 2.24) is 4.98 Å². The predicted molar refractivity (Wildman–Crippen MR) is 68.6 cm³/mol. The van der Waals surface area contributed by atoms with E-state index in [9.17, 15) is 9.18 Å². The third-order valence-corrected chi connectivity index (χ3v) is 2.97. The summed E-state index contributed by atoms with van der Waals surface area (Å²) in [5.41, 5.74) is 1.18. The maximum atomic E-state index is 13.5. The zero-order chi connectivity index (χ0) is 13.4. The zero-order valence-corrected chi connectivity index (χ0v) is 10.2. The Morgan fingerprint density at radius 1 is 1.26 bits per heavy atom. The summed E-state index contributed by atoms with van der Waals surface area (Å²) in [6.07, 6.45) is 1.62. The third-order valence-electron chi connectivity index (χ3n) is 2.97. The smallest absolute Gasteiger partial charge is 0.230 e. The van der Waals surface area contributed by atoms with Gasteiger partial charge in [-0.1, -0.05) is 12.1 Å². The van der Waals surface area contributed by atoms with Gasteiger partial charge in [0.1, 0.15) is 0 Å². The van der Waals surface area contributed by atoms with Crippen molar-refractivity contribution in [2.75, 3.05) is 0 Å². The monoisotopic (exact) mass is 255 g/mol. The molecule has 0 spiro atoms. The average molecular weight is 255 g/mol. The summed E-state index contributed by atoms with van der Waals surface area (Å²) in [7, 11) is 0. The second kappa shape index (κ2) is 4.31. The quantitative estimate of drug-likeness (QED) is 0.658. The summed E-state index contributed by atoms with van der Waals surface area (Å²) >= 11 is 0. The van der Waals surface area contributed by atoms with Crippen LogP contribution in [0.5, 0.6) is 0 Å². The number of ketones is 1. The zero-order valence-electron chi connectivity index (χ0n) is 10.2. The number of nitrogens with zero attached hydrogens (tertiary/aromatic N) is 1. The molecule has 0 amide bonds. The van der Waals surface area contributed by atoms with Crippen molar-refractivity contribution in [3.05, 3.63) is 65.4 Å². The second-order valence-electron chi connectivity index (χ2n) is 4.23. The van der Waals surface area contributed by atoms with Crippen LogP contribution in [0, 0.1) is 12.7 Å². The van der Waals surface area contributed by atoms with Gasteiger partial charge in [-0.2, -0.15) is 0 Å². The summed E-state index contributed by atoms with van der Waals surface area (Å²) in [5, 5.41) is 0.574. The lowest BCUT2D eigenvalue weighted by atomic mass is 10.1. The molecule has 94 valence electrons. The number of rotatable bonds is 2. The van der Waals surface area contributed by atoms with E-state index in [0.29, 0.717) is 16.6 Å². The van der Waals surface area contributed by atoms with Gasteiger partial charge < -0.3 is 4.42 Å². The van der Waals surface area contributed by atoms with Crippen LogP contribution in [0.15, 0.2) is 47.0 Å². The standard InChI is InChI=1S/C15H10FNO2/c1-9-11(5-3-7-17-9)14(18)13-8-10-4-2-6-12(16)15(10)19-13/h2-8H,1H3. The molecular weight excluding hydrogens is 245 g/mol. The van der Waals surface area contributed by atoms with Crippen LogP contribution in [-0.4, -0.2) is 10.8 Å². The van der Waals surface area contributed by atoms with Crippen molar-refractivity contribution >= 4 is 16.8 Å². The molecule has 0 atom stereocenters. The van der Waals surface area contributed by atoms with E-state index in [-0.39, 0.29) is 17.1 Å². The number of halogens is 1. The van der Waals surface area contributed by atoms with Gasteiger partial charge in [-0.3, -0.25) is 9.78 Å². The lowest BCUT2D eigenvalue weighted by molar-refractivity contribution is 0.101. The highest BCUT2D eigenvalue weighted by Crippen LogP contribution is 2.24. The Balaban J connectivity index is 2.12. The van der Waals surface area contributed by atoms with Gasteiger partial charge >= 0.3 is 0 Å². The topological polar surface area (TPSA) is 43.1 Å². The van der Waals surface area contributed by atoms with Crippen molar-refractivity contribution in [3.8, 4) is 0 Å². The molecule has 3 rings (SSSR count). The molecular formula is C15H10FNO2. The molecule has 0 radical (unpaired) electrons. The summed E-state index contributed by atoms with van der Waals surface area (Å²) in [6.45, 7) is 1.75. The highest BCUT2D eigenvalue weighted by atomic mass is 19.1. The molecule has 0 fully saturated rings. The van der Waals surface area contributed by atoms with Crippen molar-refractivity contribution in [1.29, 1.82) is 0 Å². The lowest BCUT2D eigenvalue weighted by Crippen LogP contribution is -2.03. The van der Waals surface area contributed by atoms with Gasteiger partial charge in [0.2, 0.25) is 5.78 Å². The Kier molecular flexibility index (Phi) is 2.63. The fourth-order valence-corrected chi connectivity index (χ4v) is 2.00. The van der Waals surface area contributed by atoms with Crippen LogP contribution in [0.25, 0.3) is 11.0 Å². The van der Waals surface area contributed by atoms with Crippen LogP contribution in [0.4, 0.5) is 4.39 Å². The number of fused-ring (bicyclic) bond motifs is 1. The number of para-hydroxylation sites is 1. The van der Waals surface area contributed by atoms with Gasteiger partial charge in [-0.25, -0.2) is 4.39 Å². The lowest BCUT2D eigenvalue weighted by Gasteiger charge is -2.00. The van der Waals surface area contributed by atoms with Crippen LogP contribution in [0.1, 0.15) is 21.8 Å². The normalized spacial score (nSPS) is 10.8. The molecule has 0 aliphatic heterocycles. The second-order valence-corrected chi connectivity index (χ2v) is 4.23. The van der Waals surface area contributed by atoms with Crippen LogP contribution in [0.2, 0.25) is 0 Å². The fourth-order valence-electron chi connectivity index (χ4n) is 2.00. The number of furan rings is 1. The van der Waals surface area contributed by atoms with Gasteiger partial charge in [0, 0.05) is 22.8 Å². The Labute approximate surface area is 108 Å². The number of hydrogen-bond acceptors (Lipinski definition) is 3. The fraction of sp³-hybridized carbons (Fsp3) is 0.0667. The minimum Gasteiger partial charge on any atom is -0.449 e. The average Bonchev–Trinajstić information content (AvgIpc) is 2.84. The molecule has 0 aliphatic carbocycles. The molecule has 0 aliphatic rings. The minimum absolute atomic E-state index is 0.104. The highest BCUT2D eigenvalue weighted by molar-refractivity contribution is 6.09. The molecule has 3 aromatic rings. The van der Waals surface area contributed by atoms with Gasteiger partial charge in [-0.15, -0.1) is 0 Å². The molecule has 1 aromatic carbocycles. The van der Waals surface area contributed by atoms with E-state index in [2.05, 4.69) is 4.98 Å². The SMILES string of the molecule is Cc1ncccc1C(=O)c1cc2cccc(F)c2o1. The highest BCUT2D eigenvalue weighted by Gasteiger charge is 2.18. The van der Waals surface area contributed by atoms with Gasteiger partial charge in [0.15, 0.2) is 17.2 Å². The molecule has 4 heteroatoms. The summed E-state index contributed by atoms with van der Waals surface area (Å²) in [4.78, 5) is 16.4. The van der Waals surface area contributed by atoms with E-state index < -0.39 is 5.82 Å². The number of carbonyl (C=O) groups is 1. The first-order chi connectivity index (χ1) is 9.16. The van der Waals surface area contributed by atoms with Crippen LogP contribution < -0.4 is 0 Å². The maximum absolute atomic E-state index is 13.5. The molecule has 3 nitrogen and oxygen atoms in total. The Bertz CT molecular complexity index is 777. The number of hydrogen-bond donors (Lipinski definition) is 0. The predicted octanol–water partition coefficient (Wildman–Crippen LogP) is 3.51. The largest absolute Gasteiger partial charge is 0.449 e. The third kappa shape index (κ3) is 1.91. The Morgan fingerprint density at radius 3 is 2.84 bits per heavy atom. The van der Waals surface area contributed by atoms with E-state index >= 15 is 0 Å². The van der Waals surface area contributed by atoms with E-state index in [1.165, 1.54) is 6.07 Å². The van der Waals surface area contributed by atoms with Crippen molar-refractivity contribution in [3.63, 3.8) is 0 Å². The minimum atomic E-state index is -0.473. The first-order valence-electron chi connectivity index (χ1n) is 5.81. The number of aryl methyl sites for hydroxylation is 1. The molecule has 19 heavy (non-hydrogen) atoms. The molecule has 2 aromatic heterocycles. The van der Waals surface area contributed by atoms with E-state index in [1.807, 2.05) is 0 Å². The van der Waals surface area contributed by atoms with E-state index in [0.717, 1.165) is 0 Å². The molecule has 0 unspecified atom stereocenters. The van der Waals surface area contributed by atoms with Gasteiger partial charge in [0.05, 0.1) is 0 Å². The summed E-state index contributed by atoms with van der Waals surface area (Å²) < 4.78 is 18.8. The molecule has 0 saturated heterocycles. The van der Waals surface area contributed by atoms with Crippen LogP contribution in [-0.2, 0) is 0 Å². The van der Waals surface area contributed by atoms with Crippen molar-refractivity contribution in [2.45, 2.75) is 6.92 Å². The van der Waals surface area contributed by atoms with Gasteiger partial charge in [0.25, 0.3) is 0 Å². The van der Waals surface area contributed by atoms with Crippen LogP contribution in [0.3, 0.4) is 0 Å². The Morgan fingerprint density at radius 2 is 2.11 bits per heavy atom. The number of carbonyl (C=O) groups excluding carboxylic acids is 1. The summed E-state index contributed by atoms with van der Waals surface area (Å²) in [6, 6.07) is 9.49. The van der Waals surface area contributed by atoms with Crippen molar-refractivity contribution < 1.29 is 13.6 Å². The number of benzene rings is 1. The molecule has 0 bridgehead atoms. The van der Waals surface area contributed by atoms with Crippen molar-refractivity contribution in [2.24, 2.45) is 0 Å². The first-order valence-corrected chi connectivity index (χ1v) is 5.81. The van der Waals surface area contributed by atoms with Gasteiger partial charge in [-0.05, 0) is 31.2 Å². The molecule has 0 N–H and O–H groups in total. The number of aromatic nitrogens is 1.